The molecular weight excluding hydrogens is 414 g/mol. The van der Waals surface area contributed by atoms with Gasteiger partial charge in [0.25, 0.3) is 0 Å². The molecule has 0 fully saturated rings. The summed E-state index contributed by atoms with van der Waals surface area (Å²) in [5, 5.41) is 33.5. The summed E-state index contributed by atoms with van der Waals surface area (Å²) < 4.78 is 0. The Labute approximate surface area is 171 Å². The van der Waals surface area contributed by atoms with Crippen LogP contribution in [0.25, 0.3) is 10.8 Å². The molecule has 27 heavy (non-hydrogen) atoms. The molecule has 9 heteroatoms. The number of anilines is 1. The van der Waals surface area contributed by atoms with Crippen molar-refractivity contribution in [2.75, 3.05) is 19.2 Å². The van der Waals surface area contributed by atoms with Crippen LogP contribution in [0.1, 0.15) is 0 Å². The van der Waals surface area contributed by atoms with Crippen molar-refractivity contribution < 1.29 is 37.1 Å². The second-order valence-corrected chi connectivity index (χ2v) is 5.72. The fraction of sp³-hybridized carbons (Fsp3) is 0.111. The maximum absolute atomic E-state index is 10.6. The molecule has 0 unspecified atom stereocenters. The van der Waals surface area contributed by atoms with Crippen molar-refractivity contribution >= 4 is 39.4 Å². The van der Waals surface area contributed by atoms with Crippen LogP contribution in [0.4, 0.5) is 17.1 Å². The van der Waals surface area contributed by atoms with E-state index >= 15 is 0 Å². The van der Waals surface area contributed by atoms with Crippen LogP contribution < -0.4 is 5.32 Å². The monoisotopic (exact) mass is 429 g/mol. The number of hydrogen-bond donors (Lipinski definition) is 3. The van der Waals surface area contributed by atoms with Gasteiger partial charge in [-0.05, 0) is 29.7 Å². The van der Waals surface area contributed by atoms with E-state index < -0.39 is 0 Å². The number of azo groups is 1. The van der Waals surface area contributed by atoms with E-state index in [1.165, 1.54) is 19.2 Å². The molecule has 0 aliphatic carbocycles. The zero-order chi connectivity index (χ0) is 18.5. The molecule has 0 saturated carbocycles. The molecule has 0 aromatic heterocycles. The summed E-state index contributed by atoms with van der Waals surface area (Å²) in [6.45, 7) is 0.0358. The predicted octanol–water partition coefficient (Wildman–Crippen LogP) is 5.26. The van der Waals surface area contributed by atoms with Crippen LogP contribution in [0.15, 0.2) is 58.8 Å². The third-order valence-electron chi connectivity index (χ3n) is 3.63. The van der Waals surface area contributed by atoms with Gasteiger partial charge in [0.05, 0.1) is 12.8 Å². The van der Waals surface area contributed by atoms with Gasteiger partial charge in [-0.25, -0.2) is 9.78 Å². The number of halogens is 1. The number of hydrogen-bond acceptors (Lipinski definition) is 7. The Bertz CT molecular complexity index is 969. The van der Waals surface area contributed by atoms with Gasteiger partial charge in [-0.15, -0.1) is 10.2 Å². The number of aromatic hydroxyl groups is 2. The van der Waals surface area contributed by atoms with Gasteiger partial charge in [0.15, 0.2) is 12.5 Å². The molecule has 0 aliphatic rings. The second kappa shape index (κ2) is 9.55. The predicted molar refractivity (Wildman–Crippen MR) is 99.5 cm³/mol. The Morgan fingerprint density at radius 1 is 1.07 bits per heavy atom. The molecule has 0 amide bonds. The fourth-order valence-corrected chi connectivity index (χ4v) is 2.57. The Morgan fingerprint density at radius 3 is 2.63 bits per heavy atom. The van der Waals surface area contributed by atoms with Crippen molar-refractivity contribution in [2.24, 2.45) is 10.2 Å². The van der Waals surface area contributed by atoms with Crippen LogP contribution >= 0.6 is 11.6 Å². The molecule has 7 nitrogen and oxygen atoms in total. The number of nitrogens with zero attached hydrogens (tertiary/aromatic N) is 2. The van der Waals surface area contributed by atoms with Gasteiger partial charge in [0.1, 0.15) is 17.1 Å². The molecule has 3 aromatic carbocycles. The van der Waals surface area contributed by atoms with E-state index in [0.29, 0.717) is 16.1 Å². The molecule has 0 atom stereocenters. The summed E-state index contributed by atoms with van der Waals surface area (Å²) in [7, 11) is 1.39. The first kappa shape index (κ1) is 21.0. The average molecular weight is 430 g/mol. The van der Waals surface area contributed by atoms with Gasteiger partial charge in [-0.2, -0.15) is 0 Å². The minimum absolute atomic E-state index is 0. The van der Waals surface area contributed by atoms with Gasteiger partial charge in [0, 0.05) is 27.5 Å². The Kier molecular flexibility index (Phi) is 7.41. The molecule has 0 spiro atoms. The topological polar surface area (TPSA) is 95.7 Å². The largest absolute Gasteiger partial charge is 0.506 e. The van der Waals surface area contributed by atoms with Crippen LogP contribution in [-0.2, 0) is 26.8 Å². The fourth-order valence-electron chi connectivity index (χ4n) is 2.40. The van der Waals surface area contributed by atoms with Crippen molar-refractivity contribution in [3.05, 3.63) is 53.6 Å². The minimum Gasteiger partial charge on any atom is -0.506 e. The van der Waals surface area contributed by atoms with E-state index in [2.05, 4.69) is 20.4 Å². The van der Waals surface area contributed by atoms with Gasteiger partial charge in [0.2, 0.25) is 0 Å². The van der Waals surface area contributed by atoms with Gasteiger partial charge in [-0.1, -0.05) is 35.9 Å². The Hall–Kier alpha value is -2.35. The zero-order valence-corrected chi connectivity index (χ0v) is 16.0. The smallest absolute Gasteiger partial charge is 0.167 e. The third kappa shape index (κ3) is 4.88. The summed E-state index contributed by atoms with van der Waals surface area (Å²) in [5.74, 6) is -0.168. The van der Waals surface area contributed by atoms with Crippen molar-refractivity contribution in [1.82, 2.24) is 0 Å². The van der Waals surface area contributed by atoms with Crippen LogP contribution in [0, 0.1) is 0 Å². The summed E-state index contributed by atoms with van der Waals surface area (Å²) in [6, 6.07) is 13.6. The van der Waals surface area contributed by atoms with E-state index in [1.807, 2.05) is 24.3 Å². The molecule has 0 aliphatic heterocycles. The van der Waals surface area contributed by atoms with Crippen molar-refractivity contribution in [2.45, 2.75) is 0 Å². The molecule has 3 N–H and O–H groups in total. The summed E-state index contributed by atoms with van der Waals surface area (Å²) >= 11 is 5.92. The second-order valence-electron chi connectivity index (χ2n) is 5.28. The van der Waals surface area contributed by atoms with E-state index in [9.17, 15) is 10.2 Å². The molecule has 0 bridgehead atoms. The van der Waals surface area contributed by atoms with Crippen LogP contribution in [0.5, 0.6) is 11.5 Å². The number of phenolic OH excluding ortho intramolecular Hbond substituents is 2. The van der Waals surface area contributed by atoms with Crippen LogP contribution in [-0.4, -0.2) is 24.1 Å². The van der Waals surface area contributed by atoms with E-state index in [0.717, 1.165) is 5.39 Å². The van der Waals surface area contributed by atoms with Crippen molar-refractivity contribution in [3.63, 3.8) is 0 Å². The normalized spacial score (nSPS) is 10.9. The standard InChI is InChI=1S/C18H16ClN3O4.Fe/c1-25-26-10-20-15-8-11-4-2-3-5-13(11)17(18(15)24)22-21-14-9-12(19)6-7-16(14)23;/h2-9,20,23-24H,10H2,1H3;. The molecule has 0 saturated heterocycles. The van der Waals surface area contributed by atoms with Gasteiger partial charge in [-0.3, -0.25) is 0 Å². The minimum atomic E-state index is -0.103. The van der Waals surface area contributed by atoms with Crippen molar-refractivity contribution in [3.8, 4) is 11.5 Å². The summed E-state index contributed by atoms with van der Waals surface area (Å²) in [6.07, 6.45) is 0. The van der Waals surface area contributed by atoms with E-state index in [1.54, 1.807) is 12.1 Å². The van der Waals surface area contributed by atoms with Crippen molar-refractivity contribution in [1.29, 1.82) is 0 Å². The number of fused-ring (bicyclic) bond motifs is 1. The Balaban J connectivity index is 0.00000261. The molecule has 142 valence electrons. The Morgan fingerprint density at radius 2 is 1.85 bits per heavy atom. The molecule has 3 aromatic rings. The van der Waals surface area contributed by atoms with E-state index in [-0.39, 0.29) is 46.7 Å². The number of nitrogens with one attached hydrogen (secondary N) is 1. The quantitative estimate of drug-likeness (QED) is 0.0944. The summed E-state index contributed by atoms with van der Waals surface area (Å²) in [4.78, 5) is 9.30. The number of benzene rings is 3. The first-order valence-electron chi connectivity index (χ1n) is 7.64. The molecule has 0 radical (unpaired) electrons. The maximum Gasteiger partial charge on any atom is 0.167 e. The number of rotatable bonds is 6. The average Bonchev–Trinajstić information content (AvgIpc) is 2.64. The van der Waals surface area contributed by atoms with Crippen LogP contribution in [0.3, 0.4) is 0 Å². The van der Waals surface area contributed by atoms with Gasteiger partial charge >= 0.3 is 0 Å². The first-order chi connectivity index (χ1) is 12.6. The maximum atomic E-state index is 10.6. The summed E-state index contributed by atoms with van der Waals surface area (Å²) in [5.41, 5.74) is 0.856. The number of phenols is 2. The third-order valence-corrected chi connectivity index (χ3v) is 3.86. The van der Waals surface area contributed by atoms with Crippen LogP contribution in [0.2, 0.25) is 5.02 Å². The first-order valence-corrected chi connectivity index (χ1v) is 8.02. The van der Waals surface area contributed by atoms with Gasteiger partial charge < -0.3 is 15.5 Å². The molecular formula is C18H16ClFeN3O4. The van der Waals surface area contributed by atoms with E-state index in [4.69, 9.17) is 16.5 Å². The zero-order valence-electron chi connectivity index (χ0n) is 14.2. The molecule has 0 heterocycles. The molecule has 3 rings (SSSR count). The SMILES string of the molecule is COOCNc1cc2ccccc2c(N=Nc2cc(Cl)ccc2O)c1O.[Fe].